The van der Waals surface area contributed by atoms with Crippen LogP contribution in [-0.2, 0) is 13.0 Å². The molecule has 1 aliphatic heterocycles. The molecule has 0 atom stereocenters. The number of nitrogens with two attached hydrogens (primary N) is 1. The van der Waals surface area contributed by atoms with Gasteiger partial charge in [-0.3, -0.25) is 4.90 Å². The molecule has 0 saturated heterocycles. The molecular formula is C16H24N2O. The van der Waals surface area contributed by atoms with E-state index < -0.39 is 5.60 Å². The lowest BCUT2D eigenvalue weighted by molar-refractivity contribution is -0.0152. The second-order valence-electron chi connectivity index (χ2n) is 6.15. The van der Waals surface area contributed by atoms with Crippen molar-refractivity contribution in [1.29, 1.82) is 0 Å². The second kappa shape index (κ2) is 5.23. The van der Waals surface area contributed by atoms with Crippen molar-refractivity contribution in [1.82, 2.24) is 4.90 Å². The molecule has 1 aromatic rings. The minimum atomic E-state index is -0.593. The van der Waals surface area contributed by atoms with Crippen molar-refractivity contribution < 1.29 is 5.11 Å². The minimum Gasteiger partial charge on any atom is -0.389 e. The van der Waals surface area contributed by atoms with Crippen LogP contribution in [0.2, 0.25) is 0 Å². The molecule has 1 aromatic carbocycles. The summed E-state index contributed by atoms with van der Waals surface area (Å²) in [5.74, 6) is 0. The normalized spacial score (nSPS) is 32.0. The Morgan fingerprint density at radius 1 is 1.21 bits per heavy atom. The predicted molar refractivity (Wildman–Crippen MR) is 76.8 cm³/mol. The number of benzene rings is 1. The number of hydrogen-bond acceptors (Lipinski definition) is 3. The van der Waals surface area contributed by atoms with E-state index in [0.717, 1.165) is 45.2 Å². The molecule has 0 radical (unpaired) electrons. The van der Waals surface area contributed by atoms with Crippen LogP contribution in [-0.4, -0.2) is 34.7 Å². The number of fused-ring (bicyclic) bond motifs is 1. The quantitative estimate of drug-likeness (QED) is 0.850. The van der Waals surface area contributed by atoms with E-state index in [4.69, 9.17) is 5.73 Å². The lowest BCUT2D eigenvalue weighted by Gasteiger charge is -2.42. The molecule has 104 valence electrons. The summed E-state index contributed by atoms with van der Waals surface area (Å²) in [6, 6.07) is 9.40. The molecule has 3 rings (SSSR count). The van der Waals surface area contributed by atoms with Gasteiger partial charge < -0.3 is 10.8 Å². The van der Waals surface area contributed by atoms with Gasteiger partial charge in [-0.15, -0.1) is 0 Å². The first-order valence-corrected chi connectivity index (χ1v) is 7.43. The second-order valence-corrected chi connectivity index (χ2v) is 6.15. The van der Waals surface area contributed by atoms with E-state index in [1.54, 1.807) is 0 Å². The zero-order valence-electron chi connectivity index (χ0n) is 11.5. The van der Waals surface area contributed by atoms with Crippen molar-refractivity contribution in [2.45, 2.75) is 50.3 Å². The molecule has 1 aliphatic carbocycles. The predicted octanol–water partition coefficient (Wildman–Crippen LogP) is 1.68. The fourth-order valence-corrected chi connectivity index (χ4v) is 3.54. The maximum absolute atomic E-state index is 10.2. The van der Waals surface area contributed by atoms with Gasteiger partial charge in [-0.25, -0.2) is 0 Å². The summed E-state index contributed by atoms with van der Waals surface area (Å²) in [5, 5.41) is 10.2. The molecule has 1 saturated carbocycles. The van der Waals surface area contributed by atoms with Gasteiger partial charge in [0.1, 0.15) is 0 Å². The Morgan fingerprint density at radius 3 is 2.58 bits per heavy atom. The molecule has 1 fully saturated rings. The molecule has 0 amide bonds. The average Bonchev–Trinajstić information content (AvgIpc) is 2.47. The SMILES string of the molecule is NCC1(O)CCC(N2CCc3ccccc3C2)CC1. The van der Waals surface area contributed by atoms with Crippen LogP contribution in [0.3, 0.4) is 0 Å². The van der Waals surface area contributed by atoms with E-state index in [2.05, 4.69) is 29.2 Å². The Hall–Kier alpha value is -0.900. The van der Waals surface area contributed by atoms with Crippen molar-refractivity contribution in [3.05, 3.63) is 35.4 Å². The van der Waals surface area contributed by atoms with Gasteiger partial charge in [0.2, 0.25) is 0 Å². The lowest BCUT2D eigenvalue weighted by Crippen LogP contribution is -2.48. The standard InChI is InChI=1S/C16H24N2O/c17-12-16(19)8-5-15(6-9-16)18-10-7-13-3-1-2-4-14(13)11-18/h1-4,15,19H,5-12,17H2. The zero-order chi connectivity index (χ0) is 13.3. The van der Waals surface area contributed by atoms with Crippen molar-refractivity contribution in [3.8, 4) is 0 Å². The van der Waals surface area contributed by atoms with Crippen LogP contribution in [0, 0.1) is 0 Å². The monoisotopic (exact) mass is 260 g/mol. The first-order chi connectivity index (χ1) is 9.20. The highest BCUT2D eigenvalue weighted by molar-refractivity contribution is 5.29. The third-order valence-corrected chi connectivity index (χ3v) is 4.94. The lowest BCUT2D eigenvalue weighted by atomic mass is 9.81. The van der Waals surface area contributed by atoms with Gasteiger partial charge in [-0.2, -0.15) is 0 Å². The Morgan fingerprint density at radius 2 is 1.89 bits per heavy atom. The Labute approximate surface area is 115 Å². The highest BCUT2D eigenvalue weighted by Crippen LogP contribution is 2.32. The summed E-state index contributed by atoms with van der Waals surface area (Å²) in [7, 11) is 0. The van der Waals surface area contributed by atoms with Crippen LogP contribution in [0.5, 0.6) is 0 Å². The third kappa shape index (κ3) is 2.69. The maximum Gasteiger partial charge on any atom is 0.0770 e. The Kier molecular flexibility index (Phi) is 3.61. The molecule has 0 bridgehead atoms. The number of nitrogens with zero attached hydrogens (tertiary/aromatic N) is 1. The molecule has 1 heterocycles. The van der Waals surface area contributed by atoms with Crippen molar-refractivity contribution in [3.63, 3.8) is 0 Å². The number of rotatable bonds is 2. The van der Waals surface area contributed by atoms with Gasteiger partial charge in [0.05, 0.1) is 5.60 Å². The summed E-state index contributed by atoms with van der Waals surface area (Å²) in [5.41, 5.74) is 8.06. The van der Waals surface area contributed by atoms with E-state index in [1.807, 2.05) is 0 Å². The first kappa shape index (κ1) is 13.1. The van der Waals surface area contributed by atoms with Crippen LogP contribution in [0.25, 0.3) is 0 Å². The third-order valence-electron chi connectivity index (χ3n) is 4.94. The van der Waals surface area contributed by atoms with Crippen molar-refractivity contribution in [2.75, 3.05) is 13.1 Å². The highest BCUT2D eigenvalue weighted by Gasteiger charge is 2.34. The van der Waals surface area contributed by atoms with E-state index in [0.29, 0.717) is 12.6 Å². The molecule has 0 aromatic heterocycles. The van der Waals surface area contributed by atoms with E-state index >= 15 is 0 Å². The maximum atomic E-state index is 10.2. The average molecular weight is 260 g/mol. The van der Waals surface area contributed by atoms with Crippen LogP contribution in [0.15, 0.2) is 24.3 Å². The van der Waals surface area contributed by atoms with Gasteiger partial charge in [-0.1, -0.05) is 24.3 Å². The highest BCUT2D eigenvalue weighted by atomic mass is 16.3. The zero-order valence-corrected chi connectivity index (χ0v) is 11.5. The molecule has 3 nitrogen and oxygen atoms in total. The van der Waals surface area contributed by atoms with E-state index in [1.165, 1.54) is 11.1 Å². The summed E-state index contributed by atoms with van der Waals surface area (Å²) in [6.07, 6.45) is 5.03. The fourth-order valence-electron chi connectivity index (χ4n) is 3.54. The van der Waals surface area contributed by atoms with Crippen LogP contribution in [0.1, 0.15) is 36.8 Å². The fraction of sp³-hybridized carbons (Fsp3) is 0.625. The Bertz CT molecular complexity index is 438. The summed E-state index contributed by atoms with van der Waals surface area (Å²) in [4.78, 5) is 2.60. The molecule has 0 unspecified atom stereocenters. The van der Waals surface area contributed by atoms with Crippen LogP contribution >= 0.6 is 0 Å². The molecular weight excluding hydrogens is 236 g/mol. The smallest absolute Gasteiger partial charge is 0.0770 e. The van der Waals surface area contributed by atoms with Gasteiger partial charge >= 0.3 is 0 Å². The number of hydrogen-bond donors (Lipinski definition) is 2. The van der Waals surface area contributed by atoms with Crippen molar-refractivity contribution >= 4 is 0 Å². The van der Waals surface area contributed by atoms with Gasteiger partial charge in [0, 0.05) is 25.7 Å². The van der Waals surface area contributed by atoms with Gasteiger partial charge in [0.25, 0.3) is 0 Å². The van der Waals surface area contributed by atoms with Crippen molar-refractivity contribution in [2.24, 2.45) is 5.73 Å². The molecule has 3 N–H and O–H groups in total. The van der Waals surface area contributed by atoms with E-state index in [9.17, 15) is 5.11 Å². The van der Waals surface area contributed by atoms with Crippen LogP contribution < -0.4 is 5.73 Å². The summed E-state index contributed by atoms with van der Waals surface area (Å²) in [6.45, 7) is 2.63. The molecule has 19 heavy (non-hydrogen) atoms. The molecule has 2 aliphatic rings. The van der Waals surface area contributed by atoms with Crippen LogP contribution in [0.4, 0.5) is 0 Å². The largest absolute Gasteiger partial charge is 0.389 e. The molecule has 3 heteroatoms. The summed E-state index contributed by atoms with van der Waals surface area (Å²) >= 11 is 0. The first-order valence-electron chi connectivity index (χ1n) is 7.43. The number of aliphatic hydroxyl groups is 1. The van der Waals surface area contributed by atoms with Gasteiger partial charge in [-0.05, 0) is 43.2 Å². The molecule has 0 spiro atoms. The summed E-state index contributed by atoms with van der Waals surface area (Å²) < 4.78 is 0. The topological polar surface area (TPSA) is 49.5 Å². The van der Waals surface area contributed by atoms with Gasteiger partial charge in [0.15, 0.2) is 0 Å². The minimum absolute atomic E-state index is 0.405. The Balaban J connectivity index is 1.64. The van der Waals surface area contributed by atoms with E-state index in [-0.39, 0.29) is 0 Å².